The van der Waals surface area contributed by atoms with Gasteiger partial charge in [-0.2, -0.15) is 0 Å². The van der Waals surface area contributed by atoms with Crippen LogP contribution in [0.15, 0.2) is 73.1 Å². The number of nitrogens with two attached hydrogens (primary N) is 1. The van der Waals surface area contributed by atoms with E-state index in [0.29, 0.717) is 37.2 Å². The Balaban J connectivity index is 1.61. The first-order chi connectivity index (χ1) is 15.0. The summed E-state index contributed by atoms with van der Waals surface area (Å²) in [7, 11) is 1.57. The molecule has 0 radical (unpaired) electrons. The minimum Gasteiger partial charge on any atom is -0.497 e. The molecular weight excluding hydrogens is 390 g/mol. The molecule has 1 aromatic heterocycles. The molecule has 3 aromatic rings. The normalized spacial score (nSPS) is 18.0. The molecule has 1 saturated heterocycles. The predicted octanol–water partition coefficient (Wildman–Crippen LogP) is 3.32. The highest BCUT2D eigenvalue weighted by Crippen LogP contribution is 2.37. The maximum atomic E-state index is 13.1. The van der Waals surface area contributed by atoms with E-state index in [0.717, 1.165) is 16.7 Å². The number of nitrogens with zero attached hydrogens (tertiary/aromatic N) is 2. The average molecular weight is 415 g/mol. The van der Waals surface area contributed by atoms with Gasteiger partial charge in [0.15, 0.2) is 0 Å². The van der Waals surface area contributed by atoms with Gasteiger partial charge in [0, 0.05) is 36.6 Å². The number of hydrogen-bond donors (Lipinski definition) is 1. The highest BCUT2D eigenvalue weighted by molar-refractivity contribution is 5.95. The van der Waals surface area contributed by atoms with Crippen LogP contribution < -0.4 is 10.5 Å². The molecule has 0 unspecified atom stereocenters. The molecule has 1 fully saturated rings. The van der Waals surface area contributed by atoms with Crippen molar-refractivity contribution in [3.63, 3.8) is 0 Å². The first-order valence-corrected chi connectivity index (χ1v) is 10.2. The lowest BCUT2D eigenvalue weighted by molar-refractivity contribution is -0.126. The quantitative estimate of drug-likeness (QED) is 0.669. The van der Waals surface area contributed by atoms with Crippen LogP contribution in [0.25, 0.3) is 11.1 Å². The number of primary amides is 1. The lowest BCUT2D eigenvalue weighted by atomic mass is 9.78. The Morgan fingerprint density at radius 2 is 1.97 bits per heavy atom. The number of carbonyl (C=O) groups excluding carboxylic acids is 2. The number of hydrogen-bond acceptors (Lipinski definition) is 4. The van der Waals surface area contributed by atoms with Crippen LogP contribution in [0, 0.1) is 5.41 Å². The summed E-state index contributed by atoms with van der Waals surface area (Å²) in [4.78, 5) is 31.6. The number of amides is 2. The van der Waals surface area contributed by atoms with E-state index in [1.165, 1.54) is 0 Å². The zero-order chi connectivity index (χ0) is 21.8. The number of methoxy groups -OCH3 is 1. The summed E-state index contributed by atoms with van der Waals surface area (Å²) in [5, 5.41) is 0. The van der Waals surface area contributed by atoms with E-state index in [1.807, 2.05) is 42.6 Å². The third kappa shape index (κ3) is 4.14. The second-order valence-corrected chi connectivity index (χ2v) is 7.93. The van der Waals surface area contributed by atoms with Crippen LogP contribution in [-0.4, -0.2) is 41.9 Å². The average Bonchev–Trinajstić information content (AvgIpc) is 3.25. The van der Waals surface area contributed by atoms with E-state index < -0.39 is 5.41 Å². The number of likely N-dealkylation sites (tertiary alicyclic amines) is 1. The van der Waals surface area contributed by atoms with Crippen molar-refractivity contribution in [1.29, 1.82) is 0 Å². The molecule has 0 saturated carbocycles. The molecule has 6 heteroatoms. The molecule has 0 aliphatic carbocycles. The van der Waals surface area contributed by atoms with E-state index in [9.17, 15) is 9.59 Å². The minimum absolute atomic E-state index is 0.123. The van der Waals surface area contributed by atoms with Gasteiger partial charge in [0.1, 0.15) is 5.75 Å². The molecule has 2 aromatic carbocycles. The Labute approximate surface area is 181 Å². The van der Waals surface area contributed by atoms with Crippen molar-refractivity contribution in [2.45, 2.75) is 12.8 Å². The van der Waals surface area contributed by atoms with Gasteiger partial charge in [-0.3, -0.25) is 14.6 Å². The lowest BCUT2D eigenvalue weighted by Crippen LogP contribution is -2.42. The van der Waals surface area contributed by atoms with Crippen molar-refractivity contribution in [2.24, 2.45) is 11.1 Å². The van der Waals surface area contributed by atoms with Gasteiger partial charge in [-0.05, 0) is 48.2 Å². The van der Waals surface area contributed by atoms with Crippen molar-refractivity contribution in [3.05, 3.63) is 84.2 Å². The van der Waals surface area contributed by atoms with Gasteiger partial charge in [0.05, 0.1) is 12.5 Å². The molecule has 0 spiro atoms. The molecule has 2 N–H and O–H groups in total. The standard InChI is InChI=1S/C25H25N3O3/c1-31-21-9-4-7-18(14-21)23(29)28-13-11-25(17-28,24(26)30)15-19-6-2-3-10-22(19)20-8-5-12-27-16-20/h2-10,12,14,16H,11,13,15,17H2,1H3,(H2,26,30)/t25-/m0/s1. The summed E-state index contributed by atoms with van der Waals surface area (Å²) < 4.78 is 5.23. The van der Waals surface area contributed by atoms with Crippen LogP contribution >= 0.6 is 0 Å². The van der Waals surface area contributed by atoms with E-state index in [1.54, 1.807) is 42.5 Å². The van der Waals surface area contributed by atoms with E-state index in [4.69, 9.17) is 10.5 Å². The van der Waals surface area contributed by atoms with Gasteiger partial charge in [0.2, 0.25) is 5.91 Å². The molecule has 2 heterocycles. The Kier molecular flexibility index (Phi) is 5.71. The van der Waals surface area contributed by atoms with Crippen molar-refractivity contribution in [1.82, 2.24) is 9.88 Å². The maximum absolute atomic E-state index is 13.1. The lowest BCUT2D eigenvalue weighted by Gasteiger charge is -2.27. The van der Waals surface area contributed by atoms with Gasteiger partial charge in [-0.25, -0.2) is 0 Å². The first kappa shape index (κ1) is 20.6. The highest BCUT2D eigenvalue weighted by atomic mass is 16.5. The number of benzene rings is 2. The number of rotatable bonds is 6. The molecule has 31 heavy (non-hydrogen) atoms. The fourth-order valence-corrected chi connectivity index (χ4v) is 4.26. The predicted molar refractivity (Wildman–Crippen MR) is 119 cm³/mol. The molecule has 1 aliphatic heterocycles. The number of pyridine rings is 1. The zero-order valence-electron chi connectivity index (χ0n) is 17.5. The van der Waals surface area contributed by atoms with Crippen LogP contribution in [-0.2, 0) is 11.2 Å². The van der Waals surface area contributed by atoms with E-state index >= 15 is 0 Å². The third-order valence-corrected chi connectivity index (χ3v) is 6.00. The summed E-state index contributed by atoms with van der Waals surface area (Å²) in [5.41, 5.74) is 8.66. The molecular formula is C25H25N3O3. The van der Waals surface area contributed by atoms with Crippen LogP contribution in [0.2, 0.25) is 0 Å². The van der Waals surface area contributed by atoms with Gasteiger partial charge in [-0.15, -0.1) is 0 Å². The van der Waals surface area contributed by atoms with Crippen LogP contribution in [0.1, 0.15) is 22.3 Å². The summed E-state index contributed by atoms with van der Waals surface area (Å²) >= 11 is 0. The smallest absolute Gasteiger partial charge is 0.254 e. The van der Waals surface area contributed by atoms with Crippen LogP contribution in [0.5, 0.6) is 5.75 Å². The Morgan fingerprint density at radius 3 is 2.71 bits per heavy atom. The summed E-state index contributed by atoms with van der Waals surface area (Å²) in [6.07, 6.45) is 4.54. The fraction of sp³-hybridized carbons (Fsp3) is 0.240. The van der Waals surface area contributed by atoms with Gasteiger partial charge in [0.25, 0.3) is 5.91 Å². The Bertz CT molecular complexity index is 1100. The summed E-state index contributed by atoms with van der Waals surface area (Å²) in [6, 6.07) is 18.9. The number of carbonyl (C=O) groups is 2. The molecule has 0 bridgehead atoms. The van der Waals surface area contributed by atoms with Crippen molar-refractivity contribution in [2.75, 3.05) is 20.2 Å². The van der Waals surface area contributed by atoms with E-state index in [-0.39, 0.29) is 11.8 Å². The molecule has 158 valence electrons. The summed E-state index contributed by atoms with van der Waals surface area (Å²) in [5.74, 6) is 0.119. The molecule has 6 nitrogen and oxygen atoms in total. The molecule has 4 rings (SSSR count). The van der Waals surface area contributed by atoms with Crippen LogP contribution in [0.3, 0.4) is 0 Å². The second kappa shape index (κ2) is 8.60. The molecule has 1 aliphatic rings. The largest absolute Gasteiger partial charge is 0.497 e. The first-order valence-electron chi connectivity index (χ1n) is 10.2. The minimum atomic E-state index is -0.813. The fourth-order valence-electron chi connectivity index (χ4n) is 4.26. The third-order valence-electron chi connectivity index (χ3n) is 6.00. The van der Waals surface area contributed by atoms with Crippen molar-refractivity contribution >= 4 is 11.8 Å². The van der Waals surface area contributed by atoms with Crippen molar-refractivity contribution < 1.29 is 14.3 Å². The van der Waals surface area contributed by atoms with Gasteiger partial charge < -0.3 is 15.4 Å². The van der Waals surface area contributed by atoms with Crippen LogP contribution in [0.4, 0.5) is 0 Å². The van der Waals surface area contributed by atoms with Gasteiger partial charge in [-0.1, -0.05) is 36.4 Å². The van der Waals surface area contributed by atoms with E-state index in [2.05, 4.69) is 4.98 Å². The second-order valence-electron chi connectivity index (χ2n) is 7.93. The highest BCUT2D eigenvalue weighted by Gasteiger charge is 2.45. The molecule has 2 amide bonds. The Hall–Kier alpha value is -3.67. The zero-order valence-corrected chi connectivity index (χ0v) is 17.5. The van der Waals surface area contributed by atoms with Gasteiger partial charge >= 0.3 is 0 Å². The molecule has 1 atom stereocenters. The number of aromatic nitrogens is 1. The topological polar surface area (TPSA) is 85.5 Å². The van der Waals surface area contributed by atoms with Crippen molar-refractivity contribution in [3.8, 4) is 16.9 Å². The monoisotopic (exact) mass is 415 g/mol. The number of ether oxygens (including phenoxy) is 1. The maximum Gasteiger partial charge on any atom is 0.254 e. The Morgan fingerprint density at radius 1 is 1.13 bits per heavy atom. The SMILES string of the molecule is COc1cccc(C(=O)N2CC[C@@](Cc3ccccc3-c3cccnc3)(C(N)=O)C2)c1. The summed E-state index contributed by atoms with van der Waals surface area (Å²) in [6.45, 7) is 0.772.